The zero-order valence-electron chi connectivity index (χ0n) is 10.0. The third-order valence-electron chi connectivity index (χ3n) is 2.86. The summed E-state index contributed by atoms with van der Waals surface area (Å²) in [6.07, 6.45) is 1.69. The number of para-hydroxylation sites is 1. The first-order chi connectivity index (χ1) is 8.18. The van der Waals surface area contributed by atoms with E-state index < -0.39 is 0 Å². The second-order valence-corrected chi connectivity index (χ2v) is 4.04. The quantitative estimate of drug-likeness (QED) is 0.627. The molecule has 0 radical (unpaired) electrons. The molecule has 0 bridgehead atoms. The van der Waals surface area contributed by atoms with Crippen LogP contribution in [0.25, 0.3) is 0 Å². The van der Waals surface area contributed by atoms with E-state index in [9.17, 15) is 5.11 Å². The normalized spacial score (nSPS) is 10.3. The Hall–Kier alpha value is -1.49. The van der Waals surface area contributed by atoms with E-state index in [1.54, 1.807) is 18.3 Å². The number of nitrogens with zero attached hydrogens (tertiary/aromatic N) is 1. The summed E-state index contributed by atoms with van der Waals surface area (Å²) in [5, 5.41) is 9.62. The molecule has 3 heteroatoms. The van der Waals surface area contributed by atoms with Crippen LogP contribution in [-0.2, 0) is 0 Å². The van der Waals surface area contributed by atoms with E-state index in [4.69, 9.17) is 0 Å². The zero-order chi connectivity index (χ0) is 12.3. The molecule has 0 aliphatic heterocycles. The van der Waals surface area contributed by atoms with Gasteiger partial charge in [0, 0.05) is 11.8 Å². The summed E-state index contributed by atoms with van der Waals surface area (Å²) in [5.41, 5.74) is 4.05. The van der Waals surface area contributed by atoms with Gasteiger partial charge in [-0.25, -0.2) is 0 Å². The van der Waals surface area contributed by atoms with Crippen molar-refractivity contribution < 1.29 is 5.11 Å². The first-order valence-electron chi connectivity index (χ1n) is 5.57. The van der Waals surface area contributed by atoms with E-state index in [0.717, 1.165) is 11.3 Å². The van der Waals surface area contributed by atoms with E-state index in [1.165, 1.54) is 11.1 Å². The van der Waals surface area contributed by atoms with Crippen molar-refractivity contribution in [1.82, 2.24) is 0 Å². The molecule has 0 aliphatic carbocycles. The Kier molecular flexibility index (Phi) is 5.21. The molecule has 2 aromatic rings. The molecule has 2 aromatic carbocycles. The standard InChI is InChI=1S/C15H15NO.Li.H/c1-11-6-5-8-14(12(11)2)16-10-13-7-3-4-9-15(13)17;;/h3-10,17H,1-2H3;;/b16-10+;;. The topological polar surface area (TPSA) is 32.6 Å². The van der Waals surface area contributed by atoms with Crippen LogP contribution < -0.4 is 0 Å². The summed E-state index contributed by atoms with van der Waals surface area (Å²) in [6.45, 7) is 4.11. The molecule has 0 saturated heterocycles. The van der Waals surface area contributed by atoms with Gasteiger partial charge in [-0.05, 0) is 43.2 Å². The van der Waals surface area contributed by atoms with Crippen molar-refractivity contribution in [3.8, 4) is 5.75 Å². The molecule has 0 aliphatic rings. The average Bonchev–Trinajstić information content (AvgIpc) is 2.33. The maximum atomic E-state index is 9.62. The maximum absolute atomic E-state index is 9.62. The SMILES string of the molecule is Cc1cccc(/N=C/c2ccccc2O)c1C.[LiH]. The van der Waals surface area contributed by atoms with E-state index in [-0.39, 0.29) is 24.6 Å². The number of phenolic OH excluding ortho intramolecular Hbond substituents is 1. The summed E-state index contributed by atoms with van der Waals surface area (Å²) < 4.78 is 0. The van der Waals surface area contributed by atoms with Gasteiger partial charge >= 0.3 is 18.9 Å². The number of aromatic hydroxyl groups is 1. The van der Waals surface area contributed by atoms with Crippen LogP contribution in [0.5, 0.6) is 5.75 Å². The van der Waals surface area contributed by atoms with Crippen LogP contribution in [0.2, 0.25) is 0 Å². The average molecular weight is 233 g/mol. The van der Waals surface area contributed by atoms with E-state index in [2.05, 4.69) is 18.0 Å². The third-order valence-corrected chi connectivity index (χ3v) is 2.86. The second kappa shape index (κ2) is 6.44. The summed E-state index contributed by atoms with van der Waals surface area (Å²) in [5.74, 6) is 0.251. The molecule has 0 fully saturated rings. The van der Waals surface area contributed by atoms with Gasteiger partial charge in [-0.15, -0.1) is 0 Å². The summed E-state index contributed by atoms with van der Waals surface area (Å²) in [6, 6.07) is 13.2. The number of aliphatic imine (C=N–C) groups is 1. The monoisotopic (exact) mass is 233 g/mol. The molecule has 0 atom stereocenters. The predicted molar refractivity (Wildman–Crippen MR) is 78.4 cm³/mol. The molecular formula is C15H16LiNO. The Morgan fingerprint density at radius 3 is 2.44 bits per heavy atom. The van der Waals surface area contributed by atoms with Crippen molar-refractivity contribution in [2.75, 3.05) is 0 Å². The Morgan fingerprint density at radius 1 is 1.00 bits per heavy atom. The molecule has 2 nitrogen and oxygen atoms in total. The molecule has 0 unspecified atom stereocenters. The molecule has 1 N–H and O–H groups in total. The van der Waals surface area contributed by atoms with Crippen molar-refractivity contribution in [1.29, 1.82) is 0 Å². The van der Waals surface area contributed by atoms with Gasteiger partial charge in [0.1, 0.15) is 5.75 Å². The molecule has 0 spiro atoms. The van der Waals surface area contributed by atoms with Crippen molar-refractivity contribution >= 4 is 30.8 Å². The fraction of sp³-hybridized carbons (Fsp3) is 0.133. The van der Waals surface area contributed by atoms with E-state index in [0.29, 0.717) is 0 Å². The Morgan fingerprint density at radius 2 is 1.72 bits per heavy atom. The summed E-state index contributed by atoms with van der Waals surface area (Å²) >= 11 is 0. The minimum absolute atomic E-state index is 0. The molecule has 2 rings (SSSR count). The number of hydrogen-bond donors (Lipinski definition) is 1. The minimum atomic E-state index is 0. The van der Waals surface area contributed by atoms with Crippen molar-refractivity contribution in [3.05, 3.63) is 59.2 Å². The molecule has 0 heterocycles. The van der Waals surface area contributed by atoms with E-state index in [1.807, 2.05) is 31.2 Å². The van der Waals surface area contributed by atoms with Gasteiger partial charge in [0.2, 0.25) is 0 Å². The Labute approximate surface area is 120 Å². The van der Waals surface area contributed by atoms with Crippen LogP contribution in [0, 0.1) is 13.8 Å². The van der Waals surface area contributed by atoms with Gasteiger partial charge in [-0.1, -0.05) is 24.3 Å². The van der Waals surface area contributed by atoms with Gasteiger partial charge in [0.05, 0.1) is 5.69 Å². The molecule has 0 saturated carbocycles. The van der Waals surface area contributed by atoms with Gasteiger partial charge in [-0.3, -0.25) is 4.99 Å². The van der Waals surface area contributed by atoms with Crippen LogP contribution in [0.3, 0.4) is 0 Å². The Balaban J connectivity index is 0.00000162. The van der Waals surface area contributed by atoms with Gasteiger partial charge < -0.3 is 5.11 Å². The molecule has 88 valence electrons. The van der Waals surface area contributed by atoms with Crippen LogP contribution in [0.15, 0.2) is 47.5 Å². The van der Waals surface area contributed by atoms with Crippen molar-refractivity contribution in [2.45, 2.75) is 13.8 Å². The number of phenols is 1. The van der Waals surface area contributed by atoms with Gasteiger partial charge in [-0.2, -0.15) is 0 Å². The first-order valence-corrected chi connectivity index (χ1v) is 5.57. The number of benzene rings is 2. The van der Waals surface area contributed by atoms with E-state index >= 15 is 0 Å². The predicted octanol–water partition coefficient (Wildman–Crippen LogP) is 3.11. The zero-order valence-corrected chi connectivity index (χ0v) is 10.0. The molecular weight excluding hydrogens is 217 g/mol. The van der Waals surface area contributed by atoms with Gasteiger partial charge in [0.25, 0.3) is 0 Å². The third kappa shape index (κ3) is 3.26. The molecule has 0 aromatic heterocycles. The van der Waals surface area contributed by atoms with Crippen LogP contribution in [0.1, 0.15) is 16.7 Å². The number of aryl methyl sites for hydroxylation is 1. The van der Waals surface area contributed by atoms with Crippen LogP contribution in [-0.4, -0.2) is 30.2 Å². The van der Waals surface area contributed by atoms with Crippen LogP contribution >= 0.6 is 0 Å². The molecule has 0 amide bonds. The summed E-state index contributed by atoms with van der Waals surface area (Å²) in [4.78, 5) is 4.41. The Bertz CT molecular complexity index is 564. The first kappa shape index (κ1) is 14.6. The fourth-order valence-corrected chi connectivity index (χ4v) is 1.61. The van der Waals surface area contributed by atoms with Gasteiger partial charge in [0.15, 0.2) is 0 Å². The number of hydrogen-bond acceptors (Lipinski definition) is 2. The summed E-state index contributed by atoms with van der Waals surface area (Å²) in [7, 11) is 0. The van der Waals surface area contributed by atoms with Crippen LogP contribution in [0.4, 0.5) is 5.69 Å². The van der Waals surface area contributed by atoms with Crippen molar-refractivity contribution in [2.24, 2.45) is 4.99 Å². The fourth-order valence-electron chi connectivity index (χ4n) is 1.61. The van der Waals surface area contributed by atoms with Crippen molar-refractivity contribution in [3.63, 3.8) is 0 Å². The number of rotatable bonds is 2. The second-order valence-electron chi connectivity index (χ2n) is 4.04. The molecule has 18 heavy (non-hydrogen) atoms.